The minimum Gasteiger partial charge on any atom is -0.480 e. The molecule has 4 N–H and O–H groups in total. The van der Waals surface area contributed by atoms with E-state index in [9.17, 15) is 23.8 Å². The van der Waals surface area contributed by atoms with E-state index >= 15 is 0 Å². The van der Waals surface area contributed by atoms with E-state index in [0.717, 1.165) is 64.2 Å². The van der Waals surface area contributed by atoms with Gasteiger partial charge in [0.2, 0.25) is 0 Å². The Bertz CT molecular complexity index is 1410. The first-order valence-corrected chi connectivity index (χ1v) is 24.8. The summed E-state index contributed by atoms with van der Waals surface area (Å²) >= 11 is 0. The van der Waals surface area contributed by atoms with E-state index < -0.39 is 51.1 Å². The standard InChI is InChI=1S/C50H82NO10P/c1-3-5-7-9-11-13-15-17-19-21-23-25-27-29-31-33-35-37-39-41-48(52)58-43-46(44-59-62(56,57)60-45-47(51)50(54)55)61-49(53)42-40-38-36-34-32-30-28-26-24-22-20-18-16-14-12-10-8-6-4-2/h6,8,11-14,17-20,24,26,30,32,36,38,46-47H,3-5,7,9-10,15-16,21-23,25,27-29,31,33-35,37,39-45,51H2,1-2H3,(H,54,55)(H,56,57)/b8-6-,13-11-,14-12-,19-17-,20-18-,26-24-,32-30-,38-36-. The Labute approximate surface area is 375 Å². The molecule has 0 saturated heterocycles. The second kappa shape index (κ2) is 44.0. The molecule has 0 aromatic heterocycles. The SMILES string of the molecule is CC/C=C\C/C=C\C/C=C\C/C=C\C/C=C\C/C=C\CCC(=O)OC(COC(=O)CCCCCCCCCCC/C=C\C/C=C\CCCCC)COP(=O)(O)OCC(N)C(=O)O. The van der Waals surface area contributed by atoms with Gasteiger partial charge >= 0.3 is 25.7 Å². The first kappa shape index (κ1) is 58.4. The van der Waals surface area contributed by atoms with Crippen molar-refractivity contribution in [2.75, 3.05) is 19.8 Å². The molecule has 0 fully saturated rings. The van der Waals surface area contributed by atoms with E-state index in [2.05, 4.69) is 97.4 Å². The van der Waals surface area contributed by atoms with Crippen LogP contribution in [-0.4, -0.2) is 59.9 Å². The molecule has 0 aliphatic rings. The molecule has 12 heteroatoms. The zero-order valence-corrected chi connectivity index (χ0v) is 39.1. The van der Waals surface area contributed by atoms with Crippen molar-refractivity contribution in [1.29, 1.82) is 0 Å². The highest BCUT2D eigenvalue weighted by atomic mass is 31.2. The summed E-state index contributed by atoms with van der Waals surface area (Å²) in [4.78, 5) is 46.0. The summed E-state index contributed by atoms with van der Waals surface area (Å²) in [7, 11) is -4.75. The molecular formula is C50H82NO10P. The normalized spacial score (nSPS) is 14.5. The molecular weight excluding hydrogens is 806 g/mol. The Morgan fingerprint density at radius 1 is 0.516 bits per heavy atom. The van der Waals surface area contributed by atoms with Crippen LogP contribution in [0.1, 0.15) is 168 Å². The van der Waals surface area contributed by atoms with Gasteiger partial charge in [0.1, 0.15) is 12.6 Å². The van der Waals surface area contributed by atoms with Crippen molar-refractivity contribution in [3.63, 3.8) is 0 Å². The van der Waals surface area contributed by atoms with Crippen molar-refractivity contribution in [3.8, 4) is 0 Å². The van der Waals surface area contributed by atoms with Crippen molar-refractivity contribution in [2.45, 2.75) is 180 Å². The van der Waals surface area contributed by atoms with E-state index in [1.165, 1.54) is 57.8 Å². The lowest BCUT2D eigenvalue weighted by molar-refractivity contribution is -0.161. The molecule has 62 heavy (non-hydrogen) atoms. The largest absolute Gasteiger partial charge is 0.480 e. The molecule has 11 nitrogen and oxygen atoms in total. The fourth-order valence-electron chi connectivity index (χ4n) is 5.71. The Kier molecular flexibility index (Phi) is 41.5. The van der Waals surface area contributed by atoms with Gasteiger partial charge in [0.25, 0.3) is 0 Å². The van der Waals surface area contributed by atoms with Crippen LogP contribution in [0.4, 0.5) is 0 Å². The van der Waals surface area contributed by atoms with Crippen molar-refractivity contribution in [1.82, 2.24) is 0 Å². The lowest BCUT2D eigenvalue weighted by Crippen LogP contribution is -2.34. The summed E-state index contributed by atoms with van der Waals surface area (Å²) in [5.74, 6) is -2.50. The summed E-state index contributed by atoms with van der Waals surface area (Å²) in [5, 5.41) is 8.90. The van der Waals surface area contributed by atoms with E-state index in [-0.39, 0.29) is 19.4 Å². The van der Waals surface area contributed by atoms with Gasteiger partial charge in [0.15, 0.2) is 6.10 Å². The Morgan fingerprint density at radius 3 is 1.42 bits per heavy atom. The van der Waals surface area contributed by atoms with Crippen LogP contribution in [0, 0.1) is 0 Å². The van der Waals surface area contributed by atoms with Gasteiger partial charge in [-0.25, -0.2) is 4.57 Å². The zero-order chi connectivity index (χ0) is 45.6. The molecule has 0 radical (unpaired) electrons. The fourth-order valence-corrected chi connectivity index (χ4v) is 6.49. The monoisotopic (exact) mass is 888 g/mol. The Morgan fingerprint density at radius 2 is 0.935 bits per heavy atom. The number of ether oxygens (including phenoxy) is 2. The van der Waals surface area contributed by atoms with Gasteiger partial charge in [-0.05, 0) is 83.5 Å². The first-order chi connectivity index (χ1) is 30.1. The topological polar surface area (TPSA) is 172 Å². The third-order valence-corrected chi connectivity index (χ3v) is 10.3. The molecule has 0 heterocycles. The minimum atomic E-state index is -4.75. The van der Waals surface area contributed by atoms with Crippen molar-refractivity contribution in [2.24, 2.45) is 5.73 Å². The quantitative estimate of drug-likeness (QED) is 0.0230. The number of unbranched alkanes of at least 4 members (excludes halogenated alkanes) is 12. The van der Waals surface area contributed by atoms with Gasteiger partial charge in [0.05, 0.1) is 13.2 Å². The van der Waals surface area contributed by atoms with E-state index in [4.69, 9.17) is 24.8 Å². The van der Waals surface area contributed by atoms with E-state index in [1.54, 1.807) is 0 Å². The van der Waals surface area contributed by atoms with E-state index in [0.29, 0.717) is 19.3 Å². The number of carboxylic acids is 1. The smallest absolute Gasteiger partial charge is 0.472 e. The minimum absolute atomic E-state index is 0.0298. The summed E-state index contributed by atoms with van der Waals surface area (Å²) < 4.78 is 32.7. The Hall–Kier alpha value is -3.60. The molecule has 0 rings (SSSR count). The maximum absolute atomic E-state index is 12.6. The number of allylic oxidation sites excluding steroid dienone is 16. The number of nitrogens with two attached hydrogens (primary N) is 1. The highest BCUT2D eigenvalue weighted by Gasteiger charge is 2.28. The molecule has 0 spiro atoms. The molecule has 0 aromatic carbocycles. The third-order valence-electron chi connectivity index (χ3n) is 9.33. The Balaban J connectivity index is 4.46. The maximum Gasteiger partial charge on any atom is 0.472 e. The predicted molar refractivity (Wildman–Crippen MR) is 253 cm³/mol. The van der Waals surface area contributed by atoms with Gasteiger partial charge in [0, 0.05) is 12.8 Å². The molecule has 352 valence electrons. The number of carbonyl (C=O) groups is 3. The lowest BCUT2D eigenvalue weighted by atomic mass is 10.1. The lowest BCUT2D eigenvalue weighted by Gasteiger charge is -2.20. The number of esters is 2. The second-order valence-corrected chi connectivity index (χ2v) is 16.6. The first-order valence-electron chi connectivity index (χ1n) is 23.3. The van der Waals surface area contributed by atoms with Gasteiger partial charge in [-0.15, -0.1) is 0 Å². The summed E-state index contributed by atoms with van der Waals surface area (Å²) in [6.07, 6.45) is 56.2. The van der Waals surface area contributed by atoms with Crippen LogP contribution in [-0.2, 0) is 37.5 Å². The number of hydrogen-bond acceptors (Lipinski definition) is 9. The average molecular weight is 888 g/mol. The molecule has 0 aromatic rings. The molecule has 0 saturated carbocycles. The fraction of sp³-hybridized carbons (Fsp3) is 0.620. The number of aliphatic carboxylic acids is 1. The van der Waals surface area contributed by atoms with Crippen LogP contribution in [0.5, 0.6) is 0 Å². The number of carbonyl (C=O) groups excluding carboxylic acids is 2. The van der Waals surface area contributed by atoms with E-state index in [1.807, 2.05) is 18.2 Å². The zero-order valence-electron chi connectivity index (χ0n) is 38.2. The van der Waals surface area contributed by atoms with Gasteiger partial charge in [-0.2, -0.15) is 0 Å². The highest BCUT2D eigenvalue weighted by Crippen LogP contribution is 2.43. The van der Waals surface area contributed by atoms with Crippen LogP contribution in [0.3, 0.4) is 0 Å². The molecule has 0 aliphatic carbocycles. The van der Waals surface area contributed by atoms with Crippen LogP contribution in [0.25, 0.3) is 0 Å². The van der Waals surface area contributed by atoms with Crippen molar-refractivity contribution >= 4 is 25.7 Å². The molecule has 0 amide bonds. The highest BCUT2D eigenvalue weighted by molar-refractivity contribution is 7.47. The number of phosphoric ester groups is 1. The summed E-state index contributed by atoms with van der Waals surface area (Å²) in [6.45, 7) is 2.58. The number of rotatable bonds is 42. The average Bonchev–Trinajstić information content (AvgIpc) is 3.25. The van der Waals surface area contributed by atoms with Crippen LogP contribution >= 0.6 is 7.82 Å². The van der Waals surface area contributed by atoms with Crippen LogP contribution in [0.2, 0.25) is 0 Å². The van der Waals surface area contributed by atoms with Crippen molar-refractivity contribution < 1.29 is 47.5 Å². The molecule has 3 unspecified atom stereocenters. The van der Waals surface area contributed by atoms with Crippen LogP contribution < -0.4 is 5.73 Å². The maximum atomic E-state index is 12.6. The number of carboxylic acid groups (broad SMARTS) is 1. The number of hydrogen-bond donors (Lipinski definition) is 3. The van der Waals surface area contributed by atoms with Gasteiger partial charge in [-0.1, -0.05) is 169 Å². The second-order valence-electron chi connectivity index (χ2n) is 15.1. The van der Waals surface area contributed by atoms with Gasteiger partial charge in [-0.3, -0.25) is 23.4 Å². The molecule has 0 aliphatic heterocycles. The third kappa shape index (κ3) is 43.1. The molecule has 0 bridgehead atoms. The number of phosphoric acid groups is 1. The molecule has 3 atom stereocenters. The summed E-state index contributed by atoms with van der Waals surface area (Å²) in [5.41, 5.74) is 5.34. The summed E-state index contributed by atoms with van der Waals surface area (Å²) in [6, 6.07) is -1.54. The van der Waals surface area contributed by atoms with Crippen LogP contribution in [0.15, 0.2) is 97.2 Å². The van der Waals surface area contributed by atoms with Gasteiger partial charge < -0.3 is 25.2 Å². The predicted octanol–water partition coefficient (Wildman–Crippen LogP) is 12.8. The van der Waals surface area contributed by atoms with Crippen molar-refractivity contribution in [3.05, 3.63) is 97.2 Å².